The van der Waals surface area contributed by atoms with Gasteiger partial charge in [0.1, 0.15) is 0 Å². The van der Waals surface area contributed by atoms with E-state index in [2.05, 4.69) is 33.9 Å². The molecule has 136 valence electrons. The van der Waals surface area contributed by atoms with Gasteiger partial charge in [-0.15, -0.1) is 0 Å². The quantitative estimate of drug-likeness (QED) is 0.226. The number of benzene rings is 1. The van der Waals surface area contributed by atoms with E-state index < -0.39 is 23.4 Å². The molecule has 1 rings (SSSR count). The number of nitro benzene ring substituents is 1. The molecule has 0 atom stereocenters. The summed E-state index contributed by atoms with van der Waals surface area (Å²) in [5.74, 6) is 0. The average molecular weight is 376 g/mol. The minimum absolute atomic E-state index is 0.00788. The van der Waals surface area contributed by atoms with Crippen molar-refractivity contribution in [2.45, 2.75) is 50.2 Å². The summed E-state index contributed by atoms with van der Waals surface area (Å²) in [6, 6.07) is 4.60. The molecule has 0 fully saturated rings. The number of hydrogen-bond donors (Lipinski definition) is 0. The Bertz CT molecular complexity index is 664. The SMILES string of the molecule is CC(C)(C)[Si](C)(C)OCCCOS(=O)(=O)c1ccc([N+](=O)[O-])cc1. The predicted octanol–water partition coefficient (Wildman–Crippen LogP) is 3.71. The molecule has 0 amide bonds. The highest BCUT2D eigenvalue weighted by atomic mass is 32.2. The largest absolute Gasteiger partial charge is 0.417 e. The second-order valence-corrected chi connectivity index (χ2v) is 13.4. The Hall–Kier alpha value is -1.29. The molecule has 0 aromatic heterocycles. The minimum atomic E-state index is -3.91. The zero-order valence-corrected chi connectivity index (χ0v) is 16.6. The smallest absolute Gasteiger partial charge is 0.296 e. The minimum Gasteiger partial charge on any atom is -0.417 e. The summed E-state index contributed by atoms with van der Waals surface area (Å²) < 4.78 is 34.9. The first-order valence-electron chi connectivity index (χ1n) is 7.65. The summed E-state index contributed by atoms with van der Waals surface area (Å²) in [7, 11) is -5.76. The van der Waals surface area contributed by atoms with Gasteiger partial charge in [-0.05, 0) is 36.7 Å². The van der Waals surface area contributed by atoms with Gasteiger partial charge in [-0.25, -0.2) is 0 Å². The lowest BCUT2D eigenvalue weighted by molar-refractivity contribution is -0.384. The molecule has 0 heterocycles. The molecule has 0 saturated carbocycles. The van der Waals surface area contributed by atoms with Crippen LogP contribution in [0.4, 0.5) is 5.69 Å². The van der Waals surface area contributed by atoms with Gasteiger partial charge in [-0.1, -0.05) is 20.8 Å². The van der Waals surface area contributed by atoms with E-state index >= 15 is 0 Å². The average Bonchev–Trinajstić information content (AvgIpc) is 2.45. The normalized spacial score (nSPS) is 13.0. The van der Waals surface area contributed by atoms with E-state index in [9.17, 15) is 18.5 Å². The van der Waals surface area contributed by atoms with Crippen LogP contribution in [0.5, 0.6) is 0 Å². The Balaban J connectivity index is 2.51. The number of nitro groups is 1. The van der Waals surface area contributed by atoms with Crippen LogP contribution >= 0.6 is 0 Å². The molecule has 0 saturated heterocycles. The highest BCUT2D eigenvalue weighted by Gasteiger charge is 2.36. The van der Waals surface area contributed by atoms with Crippen molar-refractivity contribution < 1.29 is 22.0 Å². The summed E-state index contributed by atoms with van der Waals surface area (Å²) in [4.78, 5) is 9.89. The van der Waals surface area contributed by atoms with Crippen molar-refractivity contribution in [1.82, 2.24) is 0 Å². The van der Waals surface area contributed by atoms with Crippen molar-refractivity contribution in [2.75, 3.05) is 13.2 Å². The standard InChI is InChI=1S/C15H25NO6SSi/c1-15(2,3)24(4,5)22-12-6-11-21-23(19,20)14-9-7-13(8-10-14)16(17)18/h7-10H,6,11-12H2,1-5H3. The third-order valence-corrected chi connectivity index (χ3v) is 10.00. The molecular weight excluding hydrogens is 350 g/mol. The van der Waals surface area contributed by atoms with Crippen LogP contribution in [0.2, 0.25) is 18.1 Å². The monoisotopic (exact) mass is 375 g/mol. The third kappa shape index (κ3) is 5.66. The molecule has 1 aromatic carbocycles. The Morgan fingerprint density at radius 1 is 1.12 bits per heavy atom. The molecule has 0 aliphatic heterocycles. The van der Waals surface area contributed by atoms with Gasteiger partial charge in [0, 0.05) is 18.7 Å². The first kappa shape index (κ1) is 20.8. The Kier molecular flexibility index (Phi) is 6.68. The van der Waals surface area contributed by atoms with Crippen LogP contribution in [-0.2, 0) is 18.7 Å². The summed E-state index contributed by atoms with van der Waals surface area (Å²) in [5.41, 5.74) is -0.170. The molecular formula is C15H25NO6SSi. The van der Waals surface area contributed by atoms with Crippen LogP contribution in [0.3, 0.4) is 0 Å². The van der Waals surface area contributed by atoms with Crippen molar-refractivity contribution in [1.29, 1.82) is 0 Å². The van der Waals surface area contributed by atoms with Crippen LogP contribution in [0.25, 0.3) is 0 Å². The van der Waals surface area contributed by atoms with Gasteiger partial charge in [-0.2, -0.15) is 8.42 Å². The lowest BCUT2D eigenvalue weighted by Gasteiger charge is -2.36. The van der Waals surface area contributed by atoms with E-state index in [4.69, 9.17) is 8.61 Å². The third-order valence-electron chi connectivity index (χ3n) is 4.13. The molecule has 0 spiro atoms. The molecule has 0 radical (unpaired) electrons. The molecule has 1 aromatic rings. The molecule has 0 bridgehead atoms. The van der Waals surface area contributed by atoms with Gasteiger partial charge in [0.15, 0.2) is 8.32 Å². The van der Waals surface area contributed by atoms with E-state index in [1.807, 2.05) is 0 Å². The lowest BCUT2D eigenvalue weighted by Crippen LogP contribution is -2.41. The van der Waals surface area contributed by atoms with E-state index in [0.717, 1.165) is 12.1 Å². The summed E-state index contributed by atoms with van der Waals surface area (Å²) in [6.45, 7) is 11.1. The fraction of sp³-hybridized carbons (Fsp3) is 0.600. The first-order valence-corrected chi connectivity index (χ1v) is 12.0. The fourth-order valence-corrected chi connectivity index (χ4v) is 3.60. The van der Waals surface area contributed by atoms with E-state index in [0.29, 0.717) is 13.0 Å². The Morgan fingerprint density at radius 2 is 1.67 bits per heavy atom. The maximum atomic E-state index is 12.0. The number of hydrogen-bond acceptors (Lipinski definition) is 6. The Morgan fingerprint density at radius 3 is 2.12 bits per heavy atom. The van der Waals surface area contributed by atoms with Gasteiger partial charge in [0.05, 0.1) is 16.4 Å². The fourth-order valence-electron chi connectivity index (χ4n) is 1.57. The zero-order chi connectivity index (χ0) is 18.6. The van der Waals surface area contributed by atoms with Crippen LogP contribution < -0.4 is 0 Å². The zero-order valence-electron chi connectivity index (χ0n) is 14.7. The number of nitrogens with zero attached hydrogens (tertiary/aromatic N) is 1. The highest BCUT2D eigenvalue weighted by molar-refractivity contribution is 7.86. The van der Waals surface area contributed by atoms with Crippen LogP contribution in [-0.4, -0.2) is 34.9 Å². The second-order valence-electron chi connectivity index (χ2n) is 6.99. The summed E-state index contributed by atoms with van der Waals surface area (Å²) in [6.07, 6.45) is 0.457. The predicted molar refractivity (Wildman–Crippen MR) is 94.0 cm³/mol. The first-order chi connectivity index (χ1) is 10.9. The van der Waals surface area contributed by atoms with Gasteiger partial charge in [0.25, 0.3) is 15.8 Å². The second kappa shape index (κ2) is 7.73. The van der Waals surface area contributed by atoms with Crippen molar-refractivity contribution >= 4 is 24.1 Å². The maximum absolute atomic E-state index is 12.0. The molecule has 7 nitrogen and oxygen atoms in total. The molecule has 0 aliphatic carbocycles. The van der Waals surface area contributed by atoms with Crippen LogP contribution in [0, 0.1) is 10.1 Å². The van der Waals surface area contributed by atoms with E-state index in [-0.39, 0.29) is 22.2 Å². The van der Waals surface area contributed by atoms with Crippen LogP contribution in [0.1, 0.15) is 27.2 Å². The lowest BCUT2D eigenvalue weighted by atomic mass is 10.2. The topological polar surface area (TPSA) is 95.7 Å². The summed E-state index contributed by atoms with van der Waals surface area (Å²) in [5, 5.41) is 10.7. The molecule has 24 heavy (non-hydrogen) atoms. The molecule has 0 unspecified atom stereocenters. The van der Waals surface area contributed by atoms with E-state index in [1.165, 1.54) is 12.1 Å². The summed E-state index contributed by atoms with van der Waals surface area (Å²) >= 11 is 0. The van der Waals surface area contributed by atoms with Crippen LogP contribution in [0.15, 0.2) is 29.2 Å². The molecule has 0 aliphatic rings. The van der Waals surface area contributed by atoms with Crippen molar-refractivity contribution in [3.8, 4) is 0 Å². The van der Waals surface area contributed by atoms with Crippen molar-refractivity contribution in [3.05, 3.63) is 34.4 Å². The van der Waals surface area contributed by atoms with Crippen molar-refractivity contribution in [2.24, 2.45) is 0 Å². The van der Waals surface area contributed by atoms with Gasteiger partial charge >= 0.3 is 0 Å². The molecule has 0 N–H and O–H groups in total. The number of rotatable bonds is 8. The van der Waals surface area contributed by atoms with Crippen molar-refractivity contribution in [3.63, 3.8) is 0 Å². The Labute approximate surface area is 144 Å². The number of non-ortho nitro benzene ring substituents is 1. The van der Waals surface area contributed by atoms with E-state index in [1.54, 1.807) is 0 Å². The van der Waals surface area contributed by atoms with Gasteiger partial charge < -0.3 is 4.43 Å². The highest BCUT2D eigenvalue weighted by Crippen LogP contribution is 2.36. The van der Waals surface area contributed by atoms with Gasteiger partial charge in [0.2, 0.25) is 0 Å². The maximum Gasteiger partial charge on any atom is 0.296 e. The van der Waals surface area contributed by atoms with Gasteiger partial charge in [-0.3, -0.25) is 14.3 Å². The molecule has 9 heteroatoms.